The van der Waals surface area contributed by atoms with Crippen molar-refractivity contribution in [2.45, 2.75) is 13.3 Å². The Morgan fingerprint density at radius 3 is 2.27 bits per heavy atom. The zero-order valence-corrected chi connectivity index (χ0v) is 19.3. The van der Waals surface area contributed by atoms with Crippen LogP contribution in [0.4, 0.5) is 20.0 Å². The number of piperazine rings is 2. The van der Waals surface area contributed by atoms with E-state index in [9.17, 15) is 18.8 Å². The lowest BCUT2D eigenvalue weighted by atomic mass is 10.2. The molecule has 4 rings (SSSR count). The monoisotopic (exact) mass is 474 g/mol. The molecule has 0 saturated carbocycles. The second-order valence-corrected chi connectivity index (χ2v) is 8.92. The molecule has 0 radical (unpaired) electrons. The topological polar surface area (TPSA) is 89.1 Å². The lowest BCUT2D eigenvalue weighted by Gasteiger charge is -2.36. The molecule has 0 aliphatic carbocycles. The third-order valence-corrected chi connectivity index (χ3v) is 6.74. The average molecular weight is 475 g/mol. The van der Waals surface area contributed by atoms with Gasteiger partial charge in [0.1, 0.15) is 5.82 Å². The van der Waals surface area contributed by atoms with E-state index >= 15 is 0 Å². The van der Waals surface area contributed by atoms with Crippen LogP contribution in [0, 0.1) is 5.82 Å². The van der Waals surface area contributed by atoms with Crippen molar-refractivity contribution in [2.75, 3.05) is 62.6 Å². The maximum atomic E-state index is 14.0. The number of halogens is 1. The molecule has 1 aromatic heterocycles. The zero-order valence-electron chi connectivity index (χ0n) is 18.5. The molecular formula is C22H27FN6O3S. The molecule has 33 heavy (non-hydrogen) atoms. The number of thiazole rings is 1. The first-order valence-corrected chi connectivity index (χ1v) is 11.8. The molecule has 0 unspecified atom stereocenters. The Kier molecular flexibility index (Phi) is 7.07. The third kappa shape index (κ3) is 5.59. The van der Waals surface area contributed by atoms with E-state index in [0.29, 0.717) is 68.9 Å². The Hall–Kier alpha value is -3.21. The molecule has 2 saturated heterocycles. The summed E-state index contributed by atoms with van der Waals surface area (Å²) in [5.74, 6) is -0.278. The molecule has 0 atom stereocenters. The molecule has 0 spiro atoms. The highest BCUT2D eigenvalue weighted by atomic mass is 32.1. The summed E-state index contributed by atoms with van der Waals surface area (Å²) >= 11 is 1.28. The van der Waals surface area contributed by atoms with Gasteiger partial charge in [0, 0.05) is 64.7 Å². The number of anilines is 2. The number of nitrogens with zero attached hydrogens (tertiary/aromatic N) is 5. The highest BCUT2D eigenvalue weighted by Gasteiger charge is 2.25. The van der Waals surface area contributed by atoms with Crippen molar-refractivity contribution < 1.29 is 18.8 Å². The Balaban J connectivity index is 1.24. The molecule has 2 aliphatic heterocycles. The number of benzene rings is 1. The Morgan fingerprint density at radius 2 is 1.61 bits per heavy atom. The van der Waals surface area contributed by atoms with E-state index in [4.69, 9.17) is 0 Å². The van der Waals surface area contributed by atoms with Gasteiger partial charge in [-0.25, -0.2) is 14.2 Å². The van der Waals surface area contributed by atoms with E-state index < -0.39 is 0 Å². The van der Waals surface area contributed by atoms with Gasteiger partial charge in [-0.3, -0.25) is 14.9 Å². The number of hydrogen-bond acceptors (Lipinski definition) is 6. The van der Waals surface area contributed by atoms with E-state index in [-0.39, 0.29) is 30.1 Å². The van der Waals surface area contributed by atoms with Crippen LogP contribution in [0.2, 0.25) is 0 Å². The van der Waals surface area contributed by atoms with Crippen LogP contribution < -0.4 is 10.2 Å². The van der Waals surface area contributed by atoms with Crippen LogP contribution in [0.25, 0.3) is 0 Å². The summed E-state index contributed by atoms with van der Waals surface area (Å²) in [6, 6.07) is 6.41. The molecule has 2 fully saturated rings. The zero-order chi connectivity index (χ0) is 23.4. The number of hydrogen-bond donors (Lipinski definition) is 1. The fraction of sp³-hybridized carbons (Fsp3) is 0.455. The first-order chi connectivity index (χ1) is 15.9. The summed E-state index contributed by atoms with van der Waals surface area (Å²) in [5.41, 5.74) is 1.17. The van der Waals surface area contributed by atoms with Gasteiger partial charge in [-0.05, 0) is 12.1 Å². The van der Waals surface area contributed by atoms with Crippen LogP contribution in [0.1, 0.15) is 12.6 Å². The summed E-state index contributed by atoms with van der Waals surface area (Å²) in [6.45, 7) is 5.69. The minimum atomic E-state index is -0.255. The number of amides is 4. The van der Waals surface area contributed by atoms with Crippen LogP contribution in [-0.2, 0) is 16.0 Å². The molecule has 176 valence electrons. The number of urea groups is 1. The highest BCUT2D eigenvalue weighted by molar-refractivity contribution is 7.13. The normalized spacial score (nSPS) is 16.7. The maximum Gasteiger partial charge on any atom is 0.323 e. The van der Waals surface area contributed by atoms with Gasteiger partial charge < -0.3 is 19.6 Å². The molecule has 3 heterocycles. The van der Waals surface area contributed by atoms with E-state index in [1.165, 1.54) is 24.3 Å². The molecule has 9 nitrogen and oxygen atoms in total. The van der Waals surface area contributed by atoms with Crippen LogP contribution in [0.5, 0.6) is 0 Å². The molecule has 4 amide bonds. The Bertz CT molecular complexity index is 1020. The summed E-state index contributed by atoms with van der Waals surface area (Å²) in [6.07, 6.45) is 0.156. The molecule has 11 heteroatoms. The first-order valence-electron chi connectivity index (χ1n) is 10.9. The first kappa shape index (κ1) is 23.0. The van der Waals surface area contributed by atoms with E-state index in [1.54, 1.807) is 38.3 Å². The van der Waals surface area contributed by atoms with Gasteiger partial charge in [0.2, 0.25) is 11.8 Å². The number of carbonyl (C=O) groups excluding carboxylic acids is 3. The van der Waals surface area contributed by atoms with Gasteiger partial charge in [0.05, 0.1) is 17.8 Å². The van der Waals surface area contributed by atoms with Gasteiger partial charge in [0.25, 0.3) is 0 Å². The molecule has 1 aromatic carbocycles. The minimum Gasteiger partial charge on any atom is -0.366 e. The number of carbonyl (C=O) groups is 3. The predicted molar refractivity (Wildman–Crippen MR) is 124 cm³/mol. The van der Waals surface area contributed by atoms with Crippen molar-refractivity contribution in [2.24, 2.45) is 0 Å². The van der Waals surface area contributed by atoms with Crippen molar-refractivity contribution in [1.29, 1.82) is 0 Å². The minimum absolute atomic E-state index is 0.0120. The lowest BCUT2D eigenvalue weighted by molar-refractivity contribution is -0.131. The molecular weight excluding hydrogens is 447 g/mol. The molecule has 1 N–H and O–H groups in total. The van der Waals surface area contributed by atoms with Gasteiger partial charge in [-0.2, -0.15) is 0 Å². The summed E-state index contributed by atoms with van der Waals surface area (Å²) in [5, 5.41) is 5.00. The molecule has 0 bridgehead atoms. The van der Waals surface area contributed by atoms with Gasteiger partial charge >= 0.3 is 6.03 Å². The number of para-hydroxylation sites is 1. The predicted octanol–water partition coefficient (Wildman–Crippen LogP) is 1.87. The van der Waals surface area contributed by atoms with E-state index in [2.05, 4.69) is 10.3 Å². The smallest absolute Gasteiger partial charge is 0.323 e. The van der Waals surface area contributed by atoms with Crippen LogP contribution >= 0.6 is 11.3 Å². The fourth-order valence-corrected chi connectivity index (χ4v) is 4.71. The molecule has 2 aromatic rings. The van der Waals surface area contributed by atoms with Crippen molar-refractivity contribution in [3.05, 3.63) is 41.2 Å². The summed E-state index contributed by atoms with van der Waals surface area (Å²) in [7, 11) is 0. The van der Waals surface area contributed by atoms with Gasteiger partial charge in [-0.1, -0.05) is 12.1 Å². The van der Waals surface area contributed by atoms with Crippen LogP contribution in [-0.4, -0.2) is 89.9 Å². The van der Waals surface area contributed by atoms with Crippen LogP contribution in [0.15, 0.2) is 29.6 Å². The third-order valence-electron chi connectivity index (χ3n) is 5.94. The van der Waals surface area contributed by atoms with Gasteiger partial charge in [0.15, 0.2) is 5.13 Å². The summed E-state index contributed by atoms with van der Waals surface area (Å²) in [4.78, 5) is 48.1. The summed E-state index contributed by atoms with van der Waals surface area (Å²) < 4.78 is 14.0. The fourth-order valence-electron chi connectivity index (χ4n) is 4.01. The highest BCUT2D eigenvalue weighted by Crippen LogP contribution is 2.21. The van der Waals surface area contributed by atoms with Gasteiger partial charge in [-0.15, -0.1) is 11.3 Å². The quantitative estimate of drug-likeness (QED) is 0.731. The SMILES string of the molecule is CC(=O)N1CCN(C(=O)Nc2nc(CC(=O)N3CCN(c4ccccc4F)CC3)cs2)CC1. The van der Waals surface area contributed by atoms with Crippen molar-refractivity contribution in [3.8, 4) is 0 Å². The standard InChI is InChI=1S/C22H27FN6O3S/c1-16(30)26-6-12-29(13-7-26)22(32)25-21-24-17(15-33-21)14-20(31)28-10-8-27(9-11-28)19-5-3-2-4-18(19)23/h2-5,15H,6-14H2,1H3,(H,24,25,32). The average Bonchev–Trinajstić information content (AvgIpc) is 3.26. The second kappa shape index (κ2) is 10.2. The lowest BCUT2D eigenvalue weighted by Crippen LogP contribution is -2.51. The van der Waals surface area contributed by atoms with E-state index in [1.807, 2.05) is 4.90 Å². The second-order valence-electron chi connectivity index (χ2n) is 8.06. The Morgan fingerprint density at radius 1 is 0.970 bits per heavy atom. The number of nitrogens with one attached hydrogen (secondary N) is 1. The van der Waals surface area contributed by atoms with E-state index in [0.717, 1.165) is 0 Å². The maximum absolute atomic E-state index is 14.0. The number of rotatable bonds is 4. The van der Waals surface area contributed by atoms with Crippen LogP contribution in [0.3, 0.4) is 0 Å². The van der Waals surface area contributed by atoms with Crippen molar-refractivity contribution in [3.63, 3.8) is 0 Å². The molecule has 2 aliphatic rings. The largest absolute Gasteiger partial charge is 0.366 e. The Labute approximate surface area is 195 Å². The van der Waals surface area contributed by atoms with Crippen molar-refractivity contribution >= 4 is 40.0 Å². The number of aromatic nitrogens is 1. The van der Waals surface area contributed by atoms with Crippen molar-refractivity contribution in [1.82, 2.24) is 19.7 Å².